The van der Waals surface area contributed by atoms with Crippen molar-refractivity contribution < 1.29 is 13.2 Å². The van der Waals surface area contributed by atoms with Crippen LogP contribution in [0.15, 0.2) is 42.5 Å². The van der Waals surface area contributed by atoms with E-state index in [1.807, 2.05) is 13.0 Å². The molecule has 0 bridgehead atoms. The summed E-state index contributed by atoms with van der Waals surface area (Å²) in [6, 6.07) is 14.0. The minimum Gasteiger partial charge on any atom is -0.349 e. The Morgan fingerprint density at radius 2 is 1.87 bits per heavy atom. The monoisotopic (exact) mass is 441 g/mol. The molecule has 0 radical (unpaired) electrons. The summed E-state index contributed by atoms with van der Waals surface area (Å²) in [6.07, 6.45) is 3.72. The van der Waals surface area contributed by atoms with Gasteiger partial charge in [-0.1, -0.05) is 29.8 Å². The van der Waals surface area contributed by atoms with Crippen LogP contribution in [0.2, 0.25) is 0 Å². The third kappa shape index (κ3) is 4.93. The minimum atomic E-state index is -3.32. The number of hydrogen-bond donors (Lipinski definition) is 1. The number of piperidine rings is 1. The number of nitrogens with one attached hydrogen (secondary N) is 1. The highest BCUT2D eigenvalue weighted by Crippen LogP contribution is 2.34. The zero-order valence-corrected chi connectivity index (χ0v) is 19.3. The molecule has 2 aromatic rings. The maximum atomic E-state index is 12.8. The Labute approximate surface area is 185 Å². The summed E-state index contributed by atoms with van der Waals surface area (Å²) in [6.45, 7) is 6.88. The van der Waals surface area contributed by atoms with Crippen LogP contribution in [-0.4, -0.2) is 50.7 Å². The summed E-state index contributed by atoms with van der Waals surface area (Å²) in [5.41, 5.74) is 4.82. The van der Waals surface area contributed by atoms with E-state index in [-0.39, 0.29) is 18.0 Å². The van der Waals surface area contributed by atoms with E-state index >= 15 is 0 Å². The Morgan fingerprint density at radius 3 is 2.55 bits per heavy atom. The molecule has 6 nitrogen and oxygen atoms in total. The molecule has 0 spiro atoms. The first-order valence-electron chi connectivity index (χ1n) is 10.9. The highest BCUT2D eigenvalue weighted by molar-refractivity contribution is 7.92. The van der Waals surface area contributed by atoms with E-state index in [1.54, 1.807) is 12.1 Å². The molecule has 1 amide bonds. The first kappa shape index (κ1) is 21.8. The molecule has 2 aliphatic rings. The molecular formula is C24H31N3O3S. The van der Waals surface area contributed by atoms with Crippen molar-refractivity contribution in [3.63, 3.8) is 0 Å². The molecule has 1 N–H and O–H groups in total. The molecule has 2 aromatic carbocycles. The van der Waals surface area contributed by atoms with Gasteiger partial charge in [-0.3, -0.25) is 14.0 Å². The lowest BCUT2D eigenvalue weighted by molar-refractivity contribution is 0.0909. The highest BCUT2D eigenvalue weighted by Gasteiger charge is 2.33. The molecule has 1 saturated heterocycles. The number of amides is 1. The minimum absolute atomic E-state index is 0.0783. The Bertz CT molecular complexity index is 1080. The van der Waals surface area contributed by atoms with Crippen LogP contribution in [0.5, 0.6) is 0 Å². The molecule has 7 heteroatoms. The fourth-order valence-electron chi connectivity index (χ4n) is 4.82. The smallest absolute Gasteiger partial charge is 0.251 e. The fourth-order valence-corrected chi connectivity index (χ4v) is 6.09. The van der Waals surface area contributed by atoms with Crippen LogP contribution in [0.25, 0.3) is 0 Å². The summed E-state index contributed by atoms with van der Waals surface area (Å²) in [5, 5.41) is 3.18. The van der Waals surface area contributed by atoms with Crippen LogP contribution >= 0.6 is 0 Å². The standard InChI is InChI=1S/C24H31N3O3S/c1-17-5-4-6-19(13-17)16-26-11-9-22(10-12-26)25-24(28)20-7-8-23-21(15-20)14-18(2)27(23)31(3,29)30/h4-8,13,15,18,22H,9-12,14,16H2,1-3H3,(H,25,28)/t18-/m1/s1. The van der Waals surface area contributed by atoms with Gasteiger partial charge in [-0.05, 0) is 62.4 Å². The average molecular weight is 442 g/mol. The second kappa shape index (κ2) is 8.63. The van der Waals surface area contributed by atoms with E-state index < -0.39 is 10.0 Å². The predicted octanol–water partition coefficient (Wildman–Crippen LogP) is 3.10. The molecule has 1 atom stereocenters. The number of anilines is 1. The zero-order valence-electron chi connectivity index (χ0n) is 18.5. The molecule has 4 rings (SSSR count). The molecule has 0 aromatic heterocycles. The van der Waals surface area contributed by atoms with Crippen molar-refractivity contribution in [2.24, 2.45) is 0 Å². The summed E-state index contributed by atoms with van der Waals surface area (Å²) in [5.74, 6) is -0.0783. The first-order valence-corrected chi connectivity index (χ1v) is 12.8. The van der Waals surface area contributed by atoms with Crippen molar-refractivity contribution in [1.82, 2.24) is 10.2 Å². The fraction of sp³-hybridized carbons (Fsp3) is 0.458. The van der Waals surface area contributed by atoms with Gasteiger partial charge in [0.15, 0.2) is 0 Å². The van der Waals surface area contributed by atoms with E-state index in [1.165, 1.54) is 21.7 Å². The lowest BCUT2D eigenvalue weighted by Gasteiger charge is -2.32. The van der Waals surface area contributed by atoms with Gasteiger partial charge in [-0.15, -0.1) is 0 Å². The number of aryl methyl sites for hydroxylation is 1. The van der Waals surface area contributed by atoms with Crippen molar-refractivity contribution in [2.75, 3.05) is 23.7 Å². The SMILES string of the molecule is Cc1cccc(CN2CCC(NC(=O)c3ccc4c(c3)C[C@@H](C)N4S(C)(=O)=O)CC2)c1. The van der Waals surface area contributed by atoms with Crippen LogP contribution in [0.4, 0.5) is 5.69 Å². The van der Waals surface area contributed by atoms with Crippen LogP contribution < -0.4 is 9.62 Å². The van der Waals surface area contributed by atoms with Gasteiger partial charge in [-0.25, -0.2) is 8.42 Å². The second-order valence-corrected chi connectivity index (χ2v) is 10.8. The lowest BCUT2D eigenvalue weighted by atomic mass is 10.0. The number of carbonyl (C=O) groups excluding carboxylic acids is 1. The second-order valence-electron chi connectivity index (χ2n) is 8.97. The number of sulfonamides is 1. The van der Waals surface area contributed by atoms with Gasteiger partial charge >= 0.3 is 0 Å². The van der Waals surface area contributed by atoms with Gasteiger partial charge in [-0.2, -0.15) is 0 Å². The van der Waals surface area contributed by atoms with E-state index in [9.17, 15) is 13.2 Å². The number of fused-ring (bicyclic) bond motifs is 1. The van der Waals surface area contributed by atoms with Gasteiger partial charge in [0.1, 0.15) is 0 Å². The van der Waals surface area contributed by atoms with Crippen LogP contribution in [0.3, 0.4) is 0 Å². The van der Waals surface area contributed by atoms with Gasteiger partial charge in [0.2, 0.25) is 10.0 Å². The van der Waals surface area contributed by atoms with Gasteiger partial charge < -0.3 is 5.32 Å². The molecule has 2 aliphatic heterocycles. The Hall–Kier alpha value is -2.38. The van der Waals surface area contributed by atoms with E-state index in [4.69, 9.17) is 0 Å². The third-order valence-electron chi connectivity index (χ3n) is 6.26. The van der Waals surface area contributed by atoms with E-state index in [2.05, 4.69) is 41.4 Å². The highest BCUT2D eigenvalue weighted by atomic mass is 32.2. The number of benzene rings is 2. The van der Waals surface area contributed by atoms with Crippen molar-refractivity contribution in [2.45, 2.75) is 51.7 Å². The third-order valence-corrected chi connectivity index (χ3v) is 7.53. The van der Waals surface area contributed by atoms with Gasteiger partial charge in [0.25, 0.3) is 5.91 Å². The zero-order chi connectivity index (χ0) is 22.2. The van der Waals surface area contributed by atoms with Gasteiger partial charge in [0, 0.05) is 37.3 Å². The average Bonchev–Trinajstić information content (AvgIpc) is 3.04. The summed E-state index contributed by atoms with van der Waals surface area (Å²) < 4.78 is 25.6. The number of hydrogen-bond acceptors (Lipinski definition) is 4. The quantitative estimate of drug-likeness (QED) is 0.774. The maximum absolute atomic E-state index is 12.8. The molecule has 31 heavy (non-hydrogen) atoms. The molecule has 2 heterocycles. The Morgan fingerprint density at radius 1 is 1.13 bits per heavy atom. The molecule has 166 valence electrons. The lowest BCUT2D eigenvalue weighted by Crippen LogP contribution is -2.44. The van der Waals surface area contributed by atoms with Crippen molar-refractivity contribution in [3.05, 3.63) is 64.7 Å². The molecular weight excluding hydrogens is 410 g/mol. The van der Waals surface area contributed by atoms with Crippen LogP contribution in [-0.2, 0) is 23.0 Å². The van der Waals surface area contributed by atoms with Crippen molar-refractivity contribution in [3.8, 4) is 0 Å². The van der Waals surface area contributed by atoms with Crippen LogP contribution in [0, 0.1) is 6.92 Å². The number of likely N-dealkylation sites (tertiary alicyclic amines) is 1. The largest absolute Gasteiger partial charge is 0.349 e. The number of carbonyl (C=O) groups is 1. The molecule has 0 saturated carbocycles. The Balaban J connectivity index is 1.34. The normalized spacial score (nSPS) is 20.0. The summed E-state index contributed by atoms with van der Waals surface area (Å²) >= 11 is 0. The van der Waals surface area contributed by atoms with E-state index in [0.717, 1.165) is 38.0 Å². The first-order chi connectivity index (χ1) is 14.7. The molecule has 0 aliphatic carbocycles. The number of nitrogens with zero attached hydrogens (tertiary/aromatic N) is 2. The van der Waals surface area contributed by atoms with E-state index in [0.29, 0.717) is 17.7 Å². The predicted molar refractivity (Wildman–Crippen MR) is 124 cm³/mol. The van der Waals surface area contributed by atoms with Crippen LogP contribution in [0.1, 0.15) is 46.8 Å². The topological polar surface area (TPSA) is 69.7 Å². The maximum Gasteiger partial charge on any atom is 0.251 e. The Kier molecular flexibility index (Phi) is 6.08. The molecule has 0 unspecified atom stereocenters. The number of rotatable bonds is 5. The van der Waals surface area contributed by atoms with Crippen molar-refractivity contribution in [1.29, 1.82) is 0 Å². The molecule has 1 fully saturated rings. The summed E-state index contributed by atoms with van der Waals surface area (Å²) in [7, 11) is -3.32. The summed E-state index contributed by atoms with van der Waals surface area (Å²) in [4.78, 5) is 15.3. The van der Waals surface area contributed by atoms with Gasteiger partial charge in [0.05, 0.1) is 11.9 Å². The van der Waals surface area contributed by atoms with Crippen molar-refractivity contribution >= 4 is 21.6 Å².